The molecule has 0 radical (unpaired) electrons. The second-order valence-corrected chi connectivity index (χ2v) is 6.24. The molecular formula is C17H29NO2. The minimum Gasteiger partial charge on any atom is -0.378 e. The van der Waals surface area contributed by atoms with E-state index in [1.165, 1.54) is 0 Å². The van der Waals surface area contributed by atoms with Gasteiger partial charge in [-0.25, -0.2) is 0 Å². The highest BCUT2D eigenvalue weighted by Crippen LogP contribution is 2.26. The van der Waals surface area contributed by atoms with Gasteiger partial charge in [-0.3, -0.25) is 4.79 Å². The second-order valence-electron chi connectivity index (χ2n) is 6.24. The number of rotatable bonds is 6. The zero-order chi connectivity index (χ0) is 14.4. The van der Waals surface area contributed by atoms with Crippen molar-refractivity contribution >= 4 is 5.91 Å². The van der Waals surface area contributed by atoms with Crippen LogP contribution >= 0.6 is 0 Å². The Morgan fingerprint density at radius 1 is 1.35 bits per heavy atom. The van der Waals surface area contributed by atoms with Crippen LogP contribution in [0.25, 0.3) is 0 Å². The summed E-state index contributed by atoms with van der Waals surface area (Å²) in [6.45, 7) is 5.24. The molecule has 20 heavy (non-hydrogen) atoms. The van der Waals surface area contributed by atoms with Crippen molar-refractivity contribution in [1.29, 1.82) is 0 Å². The average Bonchev–Trinajstić information content (AvgIpc) is 2.93. The van der Waals surface area contributed by atoms with E-state index in [1.807, 2.05) is 0 Å². The van der Waals surface area contributed by atoms with Gasteiger partial charge in [-0.15, -0.1) is 0 Å². The molecule has 3 atom stereocenters. The summed E-state index contributed by atoms with van der Waals surface area (Å²) in [4.78, 5) is 12.1. The lowest BCUT2D eigenvalue weighted by molar-refractivity contribution is -0.123. The van der Waals surface area contributed by atoms with Crippen LogP contribution in [0.1, 0.15) is 58.8 Å². The number of ether oxygens (including phenoxy) is 1. The number of carbonyl (C=O) groups is 1. The van der Waals surface area contributed by atoms with Crippen molar-refractivity contribution in [3.63, 3.8) is 0 Å². The highest BCUT2D eigenvalue weighted by Gasteiger charge is 2.28. The molecule has 0 aromatic heterocycles. The normalized spacial score (nSPS) is 29.9. The Labute approximate surface area is 123 Å². The Kier molecular flexibility index (Phi) is 6.08. The molecule has 2 rings (SSSR count). The van der Waals surface area contributed by atoms with E-state index in [0.29, 0.717) is 30.4 Å². The predicted octanol–water partition coefficient (Wildman–Crippen LogP) is 3.44. The summed E-state index contributed by atoms with van der Waals surface area (Å²) < 4.78 is 5.90. The van der Waals surface area contributed by atoms with Gasteiger partial charge in [0.1, 0.15) is 0 Å². The van der Waals surface area contributed by atoms with Crippen LogP contribution < -0.4 is 5.32 Å². The summed E-state index contributed by atoms with van der Waals surface area (Å²) in [5.74, 6) is 1.31. The molecule has 1 amide bonds. The van der Waals surface area contributed by atoms with Gasteiger partial charge in [0.15, 0.2) is 0 Å². The SMILES string of the molecule is CCC(CC)[C@@H]1C[C@@H](NC(=O)C[C@H]2C=CCC2)CCO1. The van der Waals surface area contributed by atoms with Crippen molar-refractivity contribution in [1.82, 2.24) is 5.32 Å². The summed E-state index contributed by atoms with van der Waals surface area (Å²) in [5, 5.41) is 3.23. The van der Waals surface area contributed by atoms with Crippen LogP contribution in [0.4, 0.5) is 0 Å². The first kappa shape index (κ1) is 15.6. The first-order chi connectivity index (χ1) is 9.72. The van der Waals surface area contributed by atoms with E-state index in [2.05, 4.69) is 31.3 Å². The van der Waals surface area contributed by atoms with E-state index in [-0.39, 0.29) is 5.91 Å². The van der Waals surface area contributed by atoms with Crippen LogP contribution in [0.5, 0.6) is 0 Å². The summed E-state index contributed by atoms with van der Waals surface area (Å²) in [7, 11) is 0. The van der Waals surface area contributed by atoms with Crippen LogP contribution in [-0.4, -0.2) is 24.7 Å². The van der Waals surface area contributed by atoms with Crippen molar-refractivity contribution < 1.29 is 9.53 Å². The Balaban J connectivity index is 1.77. The van der Waals surface area contributed by atoms with Crippen LogP contribution in [0.3, 0.4) is 0 Å². The third-order valence-corrected chi connectivity index (χ3v) is 4.81. The zero-order valence-electron chi connectivity index (χ0n) is 12.9. The van der Waals surface area contributed by atoms with Crippen LogP contribution in [0, 0.1) is 11.8 Å². The highest BCUT2D eigenvalue weighted by molar-refractivity contribution is 5.76. The van der Waals surface area contributed by atoms with Crippen molar-refractivity contribution in [3.05, 3.63) is 12.2 Å². The fourth-order valence-corrected chi connectivity index (χ4v) is 3.49. The molecule has 0 saturated carbocycles. The molecule has 1 heterocycles. The van der Waals surface area contributed by atoms with Crippen molar-refractivity contribution in [3.8, 4) is 0 Å². The molecule has 0 spiro atoms. The smallest absolute Gasteiger partial charge is 0.220 e. The average molecular weight is 279 g/mol. The molecule has 1 aliphatic heterocycles. The van der Waals surface area contributed by atoms with Crippen LogP contribution in [0.2, 0.25) is 0 Å². The Hall–Kier alpha value is -0.830. The molecule has 0 aromatic carbocycles. The lowest BCUT2D eigenvalue weighted by atomic mass is 9.89. The molecule has 2 aliphatic rings. The van der Waals surface area contributed by atoms with Gasteiger partial charge in [-0.1, -0.05) is 38.8 Å². The summed E-state index contributed by atoms with van der Waals surface area (Å²) in [6.07, 6.45) is 11.9. The molecule has 0 unspecified atom stereocenters. The van der Waals surface area contributed by atoms with Gasteiger partial charge in [0, 0.05) is 19.1 Å². The monoisotopic (exact) mass is 279 g/mol. The van der Waals surface area contributed by atoms with Gasteiger partial charge >= 0.3 is 0 Å². The molecule has 1 aliphatic carbocycles. The van der Waals surface area contributed by atoms with Gasteiger partial charge in [-0.05, 0) is 37.5 Å². The topological polar surface area (TPSA) is 38.3 Å². The fourth-order valence-electron chi connectivity index (χ4n) is 3.49. The van der Waals surface area contributed by atoms with E-state index in [9.17, 15) is 4.79 Å². The lowest BCUT2D eigenvalue weighted by Gasteiger charge is -2.34. The largest absolute Gasteiger partial charge is 0.378 e. The number of hydrogen-bond acceptors (Lipinski definition) is 2. The highest BCUT2D eigenvalue weighted by atomic mass is 16.5. The predicted molar refractivity (Wildman–Crippen MR) is 81.5 cm³/mol. The van der Waals surface area contributed by atoms with E-state index < -0.39 is 0 Å². The minimum atomic E-state index is 0.219. The van der Waals surface area contributed by atoms with Crippen LogP contribution in [-0.2, 0) is 9.53 Å². The zero-order valence-corrected chi connectivity index (χ0v) is 12.9. The molecule has 0 aromatic rings. The second kappa shape index (κ2) is 7.82. The first-order valence-corrected chi connectivity index (χ1v) is 8.30. The van der Waals surface area contributed by atoms with Gasteiger partial charge < -0.3 is 10.1 Å². The maximum Gasteiger partial charge on any atom is 0.220 e. The van der Waals surface area contributed by atoms with Crippen molar-refractivity contribution in [2.75, 3.05) is 6.61 Å². The fraction of sp³-hybridized carbons (Fsp3) is 0.824. The summed E-state index contributed by atoms with van der Waals surface area (Å²) in [5.41, 5.74) is 0. The van der Waals surface area contributed by atoms with Crippen LogP contribution in [0.15, 0.2) is 12.2 Å². The summed E-state index contributed by atoms with van der Waals surface area (Å²) in [6, 6.07) is 0.312. The van der Waals surface area contributed by atoms with Crippen molar-refractivity contribution in [2.45, 2.75) is 70.9 Å². The molecule has 114 valence electrons. The standard InChI is InChI=1S/C17H29NO2/c1-3-14(4-2)16-12-15(9-10-20-16)18-17(19)11-13-7-5-6-8-13/h5,7,13-16H,3-4,6,8-12H2,1-2H3,(H,18,19)/t13-,15-,16-/m0/s1. The van der Waals surface area contributed by atoms with E-state index in [4.69, 9.17) is 4.74 Å². The number of carbonyl (C=O) groups excluding carboxylic acids is 1. The maximum absolute atomic E-state index is 12.1. The maximum atomic E-state index is 12.1. The molecule has 3 nitrogen and oxygen atoms in total. The Bertz CT molecular complexity index is 336. The van der Waals surface area contributed by atoms with E-state index in [0.717, 1.165) is 45.1 Å². The van der Waals surface area contributed by atoms with Gasteiger partial charge in [0.2, 0.25) is 5.91 Å². The van der Waals surface area contributed by atoms with E-state index >= 15 is 0 Å². The van der Waals surface area contributed by atoms with E-state index in [1.54, 1.807) is 0 Å². The molecule has 1 saturated heterocycles. The van der Waals surface area contributed by atoms with Crippen molar-refractivity contribution in [2.24, 2.45) is 11.8 Å². The van der Waals surface area contributed by atoms with Gasteiger partial charge in [0.05, 0.1) is 6.10 Å². The first-order valence-electron chi connectivity index (χ1n) is 8.30. The molecule has 0 bridgehead atoms. The minimum absolute atomic E-state index is 0.219. The van der Waals surface area contributed by atoms with Gasteiger partial charge in [-0.2, -0.15) is 0 Å². The Morgan fingerprint density at radius 2 is 2.15 bits per heavy atom. The molecular weight excluding hydrogens is 250 g/mol. The number of allylic oxidation sites excluding steroid dienone is 2. The number of amides is 1. The van der Waals surface area contributed by atoms with Gasteiger partial charge in [0.25, 0.3) is 0 Å². The third kappa shape index (κ3) is 4.34. The lowest BCUT2D eigenvalue weighted by Crippen LogP contribution is -2.44. The Morgan fingerprint density at radius 3 is 2.80 bits per heavy atom. The molecule has 3 heteroatoms. The number of nitrogens with one attached hydrogen (secondary N) is 1. The number of hydrogen-bond donors (Lipinski definition) is 1. The third-order valence-electron chi connectivity index (χ3n) is 4.81. The molecule has 1 N–H and O–H groups in total. The quantitative estimate of drug-likeness (QED) is 0.756. The molecule has 1 fully saturated rings. The summed E-state index contributed by atoms with van der Waals surface area (Å²) >= 11 is 0.